The maximum Gasteiger partial charge on any atom is 0.201 e. The molecule has 0 fully saturated rings. The van der Waals surface area contributed by atoms with Crippen LogP contribution in [0.1, 0.15) is 18.1 Å². The molecule has 2 rings (SSSR count). The summed E-state index contributed by atoms with van der Waals surface area (Å²) in [6.07, 6.45) is 5.40. The van der Waals surface area contributed by atoms with Gasteiger partial charge in [0, 0.05) is 6.42 Å². The monoisotopic (exact) mass is 230 g/mol. The first kappa shape index (κ1) is 11.8. The van der Waals surface area contributed by atoms with Crippen LogP contribution in [0.5, 0.6) is 0 Å². The summed E-state index contributed by atoms with van der Waals surface area (Å²) in [5.74, 6) is -0.593. The number of carbonyl (C=O) groups excluding carboxylic acids is 1. The van der Waals surface area contributed by atoms with Crippen LogP contribution in [0.25, 0.3) is 0 Å². The molecule has 2 N–H and O–H groups in total. The van der Waals surface area contributed by atoms with Crippen molar-refractivity contribution in [2.24, 2.45) is 0 Å². The SMILES string of the molecule is O=C([C@H](O)c1ccccc1)[C@]1(O)C=CC=CC1. The maximum absolute atomic E-state index is 12.0. The van der Waals surface area contributed by atoms with Gasteiger partial charge in [-0.25, -0.2) is 0 Å². The third kappa shape index (κ3) is 2.35. The fraction of sp³-hybridized carbons (Fsp3) is 0.214. The molecule has 0 aromatic heterocycles. The lowest BCUT2D eigenvalue weighted by atomic mass is 9.86. The Morgan fingerprint density at radius 1 is 1.24 bits per heavy atom. The molecule has 0 heterocycles. The summed E-state index contributed by atoms with van der Waals surface area (Å²) in [5, 5.41) is 20.1. The van der Waals surface area contributed by atoms with E-state index in [4.69, 9.17) is 0 Å². The highest BCUT2D eigenvalue weighted by molar-refractivity contribution is 5.94. The van der Waals surface area contributed by atoms with Crippen molar-refractivity contribution in [3.05, 3.63) is 60.2 Å². The number of Topliss-reactive ketones (excluding diaryl/α,β-unsaturated/α-hetero) is 1. The van der Waals surface area contributed by atoms with Crippen LogP contribution in [0.4, 0.5) is 0 Å². The average molecular weight is 230 g/mol. The number of ketones is 1. The van der Waals surface area contributed by atoms with Crippen molar-refractivity contribution in [2.75, 3.05) is 0 Å². The molecule has 0 radical (unpaired) electrons. The summed E-state index contributed by atoms with van der Waals surface area (Å²) < 4.78 is 0. The molecule has 1 aliphatic rings. The van der Waals surface area contributed by atoms with E-state index in [-0.39, 0.29) is 6.42 Å². The van der Waals surface area contributed by atoms with Gasteiger partial charge in [0.2, 0.25) is 5.78 Å². The zero-order chi connectivity index (χ0) is 12.3. The Kier molecular flexibility index (Phi) is 3.22. The minimum absolute atomic E-state index is 0.201. The van der Waals surface area contributed by atoms with Crippen molar-refractivity contribution >= 4 is 5.78 Å². The van der Waals surface area contributed by atoms with Gasteiger partial charge >= 0.3 is 0 Å². The van der Waals surface area contributed by atoms with E-state index >= 15 is 0 Å². The quantitative estimate of drug-likeness (QED) is 0.828. The highest BCUT2D eigenvalue weighted by Crippen LogP contribution is 2.26. The lowest BCUT2D eigenvalue weighted by Gasteiger charge is -2.26. The molecule has 1 aliphatic carbocycles. The summed E-state index contributed by atoms with van der Waals surface area (Å²) >= 11 is 0. The minimum atomic E-state index is -1.59. The first-order valence-electron chi connectivity index (χ1n) is 5.47. The molecule has 88 valence electrons. The Hall–Kier alpha value is -1.71. The standard InChI is InChI=1S/C14H14O3/c15-12(11-7-3-1-4-8-11)13(16)14(17)9-5-2-6-10-14/h1-9,12,15,17H,10H2/t12-,14+/m1/s1. The van der Waals surface area contributed by atoms with Crippen LogP contribution in [0.15, 0.2) is 54.6 Å². The number of aliphatic hydroxyl groups is 2. The van der Waals surface area contributed by atoms with Gasteiger partial charge in [0.15, 0.2) is 0 Å². The zero-order valence-electron chi connectivity index (χ0n) is 9.28. The molecule has 0 saturated heterocycles. The summed E-state index contributed by atoms with van der Waals surface area (Å²) in [5.41, 5.74) is -1.10. The first-order chi connectivity index (χ1) is 8.13. The summed E-state index contributed by atoms with van der Waals surface area (Å²) in [6, 6.07) is 8.61. The van der Waals surface area contributed by atoms with Crippen molar-refractivity contribution in [1.82, 2.24) is 0 Å². The van der Waals surface area contributed by atoms with Crippen LogP contribution in [-0.4, -0.2) is 21.6 Å². The molecule has 17 heavy (non-hydrogen) atoms. The molecule has 0 bridgehead atoms. The number of hydrogen-bond donors (Lipinski definition) is 2. The van der Waals surface area contributed by atoms with Crippen LogP contribution in [0.3, 0.4) is 0 Å². The van der Waals surface area contributed by atoms with Gasteiger partial charge in [-0.05, 0) is 11.6 Å². The fourth-order valence-electron chi connectivity index (χ4n) is 1.82. The molecule has 3 nitrogen and oxygen atoms in total. The number of hydrogen-bond acceptors (Lipinski definition) is 3. The largest absolute Gasteiger partial charge is 0.380 e. The van der Waals surface area contributed by atoms with Crippen LogP contribution < -0.4 is 0 Å². The van der Waals surface area contributed by atoms with E-state index in [9.17, 15) is 15.0 Å². The molecule has 0 unspecified atom stereocenters. The van der Waals surface area contributed by atoms with Gasteiger partial charge in [0.05, 0.1) is 0 Å². The van der Waals surface area contributed by atoms with Crippen LogP contribution >= 0.6 is 0 Å². The predicted octanol–water partition coefficient (Wildman–Crippen LogP) is 1.54. The number of carbonyl (C=O) groups is 1. The third-order valence-electron chi connectivity index (χ3n) is 2.84. The van der Waals surface area contributed by atoms with E-state index in [0.717, 1.165) is 0 Å². The lowest BCUT2D eigenvalue weighted by Crippen LogP contribution is -2.40. The number of rotatable bonds is 3. The van der Waals surface area contributed by atoms with Crippen molar-refractivity contribution in [3.8, 4) is 0 Å². The third-order valence-corrected chi connectivity index (χ3v) is 2.84. The van der Waals surface area contributed by atoms with E-state index in [1.807, 2.05) is 0 Å². The van der Waals surface area contributed by atoms with Crippen molar-refractivity contribution in [2.45, 2.75) is 18.1 Å². The average Bonchev–Trinajstić information content (AvgIpc) is 2.39. The van der Waals surface area contributed by atoms with Gasteiger partial charge in [0.1, 0.15) is 11.7 Å². The van der Waals surface area contributed by atoms with Crippen LogP contribution in [-0.2, 0) is 4.79 Å². The van der Waals surface area contributed by atoms with Crippen molar-refractivity contribution in [3.63, 3.8) is 0 Å². The molecule has 0 aliphatic heterocycles. The lowest BCUT2D eigenvalue weighted by molar-refractivity contribution is -0.141. The molecular formula is C14H14O3. The number of allylic oxidation sites excluding steroid dienone is 2. The molecule has 1 aromatic carbocycles. The van der Waals surface area contributed by atoms with Gasteiger partial charge < -0.3 is 10.2 Å². The summed E-state index contributed by atoms with van der Waals surface area (Å²) in [7, 11) is 0. The minimum Gasteiger partial charge on any atom is -0.380 e. The molecule has 3 heteroatoms. The van der Waals surface area contributed by atoms with E-state index in [2.05, 4.69) is 0 Å². The Bertz CT molecular complexity index is 462. The van der Waals surface area contributed by atoms with E-state index in [1.165, 1.54) is 6.08 Å². The normalized spacial score (nSPS) is 24.6. The van der Waals surface area contributed by atoms with E-state index in [1.54, 1.807) is 48.6 Å². The topological polar surface area (TPSA) is 57.5 Å². The van der Waals surface area contributed by atoms with Crippen LogP contribution in [0, 0.1) is 0 Å². The second-order valence-corrected chi connectivity index (χ2v) is 4.09. The van der Waals surface area contributed by atoms with Gasteiger partial charge in [0.25, 0.3) is 0 Å². The van der Waals surface area contributed by atoms with Crippen molar-refractivity contribution < 1.29 is 15.0 Å². The molecular weight excluding hydrogens is 216 g/mol. The molecule has 1 aromatic rings. The maximum atomic E-state index is 12.0. The fourth-order valence-corrected chi connectivity index (χ4v) is 1.82. The van der Waals surface area contributed by atoms with E-state index in [0.29, 0.717) is 5.56 Å². The number of aliphatic hydroxyl groups excluding tert-OH is 1. The molecule has 2 atom stereocenters. The van der Waals surface area contributed by atoms with Gasteiger partial charge in [-0.1, -0.05) is 48.6 Å². The van der Waals surface area contributed by atoms with Crippen molar-refractivity contribution in [1.29, 1.82) is 0 Å². The Morgan fingerprint density at radius 2 is 1.94 bits per heavy atom. The highest BCUT2D eigenvalue weighted by atomic mass is 16.3. The Labute approximate surface area is 99.7 Å². The number of benzene rings is 1. The molecule has 0 amide bonds. The summed E-state index contributed by atoms with van der Waals surface area (Å²) in [6.45, 7) is 0. The second-order valence-electron chi connectivity index (χ2n) is 4.09. The Balaban J connectivity index is 2.21. The zero-order valence-corrected chi connectivity index (χ0v) is 9.28. The molecule has 0 saturated carbocycles. The van der Waals surface area contributed by atoms with Gasteiger partial charge in [-0.15, -0.1) is 0 Å². The summed E-state index contributed by atoms with van der Waals surface area (Å²) in [4.78, 5) is 12.0. The van der Waals surface area contributed by atoms with Crippen LogP contribution in [0.2, 0.25) is 0 Å². The first-order valence-corrected chi connectivity index (χ1v) is 5.47. The molecule has 0 spiro atoms. The highest BCUT2D eigenvalue weighted by Gasteiger charge is 2.37. The Morgan fingerprint density at radius 3 is 2.53 bits per heavy atom. The van der Waals surface area contributed by atoms with E-state index < -0.39 is 17.5 Å². The van der Waals surface area contributed by atoms with Gasteiger partial charge in [-0.3, -0.25) is 4.79 Å². The predicted molar refractivity (Wildman–Crippen MR) is 64.3 cm³/mol. The van der Waals surface area contributed by atoms with Gasteiger partial charge in [-0.2, -0.15) is 0 Å². The smallest absolute Gasteiger partial charge is 0.201 e. The second kappa shape index (κ2) is 4.65.